The first kappa shape index (κ1) is 21.5. The van der Waals surface area contributed by atoms with Gasteiger partial charge in [0.15, 0.2) is 0 Å². The lowest BCUT2D eigenvalue weighted by atomic mass is 10.1. The van der Waals surface area contributed by atoms with E-state index in [1.165, 1.54) is 33.6 Å². The van der Waals surface area contributed by atoms with Crippen molar-refractivity contribution in [1.29, 1.82) is 0 Å². The van der Waals surface area contributed by atoms with Crippen LogP contribution in [0, 0.1) is 13.8 Å². The third-order valence-electron chi connectivity index (χ3n) is 6.12. The molecule has 0 aromatic heterocycles. The Morgan fingerprint density at radius 1 is 0.441 bits per heavy atom. The van der Waals surface area contributed by atoms with Crippen LogP contribution in [0.2, 0.25) is 0 Å². The second kappa shape index (κ2) is 9.68. The lowest BCUT2D eigenvalue weighted by Crippen LogP contribution is -2.12. The van der Waals surface area contributed by atoms with Crippen molar-refractivity contribution in [2.45, 2.75) is 13.8 Å². The molecule has 2 nitrogen and oxygen atoms in total. The fourth-order valence-corrected chi connectivity index (χ4v) is 4.27. The average Bonchev–Trinajstić information content (AvgIpc) is 2.88. The summed E-state index contributed by atoms with van der Waals surface area (Å²) in [6.45, 7) is 4.32. The van der Waals surface area contributed by atoms with Crippen molar-refractivity contribution >= 4 is 28.4 Å². The molecule has 0 unspecified atom stereocenters. The molecule has 0 amide bonds. The molecule has 2 heteroatoms. The Bertz CT molecular complexity index is 1330. The van der Waals surface area contributed by atoms with Gasteiger partial charge < -0.3 is 10.2 Å². The fourth-order valence-electron chi connectivity index (χ4n) is 4.27. The van der Waals surface area contributed by atoms with Crippen LogP contribution in [0.3, 0.4) is 0 Å². The summed E-state index contributed by atoms with van der Waals surface area (Å²) in [7, 11) is 0. The Kier molecular flexibility index (Phi) is 6.13. The molecule has 5 rings (SSSR count). The first-order valence-electron chi connectivity index (χ1n) is 11.6. The summed E-state index contributed by atoms with van der Waals surface area (Å²) in [5.74, 6) is 0. The fraction of sp³-hybridized carbons (Fsp3) is 0.0625. The second-order valence-corrected chi connectivity index (χ2v) is 8.52. The Morgan fingerprint density at radius 3 is 1.41 bits per heavy atom. The number of anilines is 5. The van der Waals surface area contributed by atoms with E-state index < -0.39 is 0 Å². The standard InChI is InChI=1S/C32H28N2/c1-24-10-6-8-14-31(24)34(32-15-9-7-11-25(32)2)30-22-20-29(21-23-30)33-28-18-16-27(17-19-28)26-12-4-3-5-13-26/h3-23,33H,1-2H3. The van der Waals surface area contributed by atoms with E-state index in [1.807, 2.05) is 6.07 Å². The van der Waals surface area contributed by atoms with Gasteiger partial charge in [-0.2, -0.15) is 0 Å². The van der Waals surface area contributed by atoms with Crippen LogP contribution in [0.25, 0.3) is 11.1 Å². The number of hydrogen-bond acceptors (Lipinski definition) is 2. The van der Waals surface area contributed by atoms with Gasteiger partial charge in [0.2, 0.25) is 0 Å². The molecule has 0 aliphatic carbocycles. The lowest BCUT2D eigenvalue weighted by Gasteiger charge is -2.28. The zero-order chi connectivity index (χ0) is 23.3. The molecule has 0 bridgehead atoms. The Balaban J connectivity index is 1.41. The van der Waals surface area contributed by atoms with Crippen LogP contribution in [-0.2, 0) is 0 Å². The van der Waals surface area contributed by atoms with Gasteiger partial charge in [0, 0.05) is 28.4 Å². The van der Waals surface area contributed by atoms with Crippen LogP contribution >= 0.6 is 0 Å². The molecule has 0 saturated carbocycles. The summed E-state index contributed by atoms with van der Waals surface area (Å²) in [5.41, 5.74) is 10.6. The summed E-state index contributed by atoms with van der Waals surface area (Å²) in [6.07, 6.45) is 0. The van der Waals surface area contributed by atoms with Crippen molar-refractivity contribution in [2.75, 3.05) is 10.2 Å². The van der Waals surface area contributed by atoms with Crippen molar-refractivity contribution in [1.82, 2.24) is 0 Å². The SMILES string of the molecule is Cc1ccccc1N(c1ccc(Nc2ccc(-c3ccccc3)cc2)cc1)c1ccccc1C. The van der Waals surface area contributed by atoms with Crippen LogP contribution < -0.4 is 10.2 Å². The topological polar surface area (TPSA) is 15.3 Å². The van der Waals surface area contributed by atoms with E-state index in [0.29, 0.717) is 0 Å². The summed E-state index contributed by atoms with van der Waals surface area (Å²) < 4.78 is 0. The molecular weight excluding hydrogens is 412 g/mol. The molecule has 0 radical (unpaired) electrons. The quantitative estimate of drug-likeness (QED) is 0.283. The number of nitrogens with one attached hydrogen (secondary N) is 1. The predicted molar refractivity (Wildman–Crippen MR) is 146 cm³/mol. The molecule has 0 saturated heterocycles. The number of hydrogen-bond donors (Lipinski definition) is 1. The highest BCUT2D eigenvalue weighted by atomic mass is 15.1. The third kappa shape index (κ3) is 4.57. The summed E-state index contributed by atoms with van der Waals surface area (Å²) in [6, 6.07) is 44.7. The highest BCUT2D eigenvalue weighted by Gasteiger charge is 2.15. The monoisotopic (exact) mass is 440 g/mol. The highest BCUT2D eigenvalue weighted by molar-refractivity contribution is 5.81. The van der Waals surface area contributed by atoms with Gasteiger partial charge in [0.25, 0.3) is 0 Å². The summed E-state index contributed by atoms with van der Waals surface area (Å²) >= 11 is 0. The highest BCUT2D eigenvalue weighted by Crippen LogP contribution is 2.38. The molecule has 5 aromatic carbocycles. The maximum Gasteiger partial charge on any atom is 0.0490 e. The van der Waals surface area contributed by atoms with E-state index >= 15 is 0 Å². The predicted octanol–water partition coefficient (Wildman–Crippen LogP) is 9.18. The zero-order valence-corrected chi connectivity index (χ0v) is 19.6. The van der Waals surface area contributed by atoms with Gasteiger partial charge in [0.05, 0.1) is 0 Å². The average molecular weight is 441 g/mol. The van der Waals surface area contributed by atoms with E-state index in [4.69, 9.17) is 0 Å². The van der Waals surface area contributed by atoms with E-state index in [9.17, 15) is 0 Å². The van der Waals surface area contributed by atoms with Crippen LogP contribution in [0.1, 0.15) is 11.1 Å². The summed E-state index contributed by atoms with van der Waals surface area (Å²) in [4.78, 5) is 2.34. The number of para-hydroxylation sites is 2. The molecule has 5 aromatic rings. The van der Waals surface area contributed by atoms with Gasteiger partial charge in [0.1, 0.15) is 0 Å². The van der Waals surface area contributed by atoms with E-state index in [2.05, 4.69) is 145 Å². The molecule has 0 spiro atoms. The minimum atomic E-state index is 1.06. The van der Waals surface area contributed by atoms with Crippen molar-refractivity contribution < 1.29 is 0 Å². The van der Waals surface area contributed by atoms with Crippen molar-refractivity contribution in [2.24, 2.45) is 0 Å². The number of rotatable bonds is 6. The first-order valence-corrected chi connectivity index (χ1v) is 11.6. The Labute approximate surface area is 202 Å². The molecule has 166 valence electrons. The van der Waals surface area contributed by atoms with E-state index in [-0.39, 0.29) is 0 Å². The Morgan fingerprint density at radius 2 is 0.882 bits per heavy atom. The van der Waals surface area contributed by atoms with Crippen LogP contribution in [-0.4, -0.2) is 0 Å². The normalized spacial score (nSPS) is 10.6. The molecule has 0 atom stereocenters. The van der Waals surface area contributed by atoms with Crippen LogP contribution in [0.15, 0.2) is 127 Å². The van der Waals surface area contributed by atoms with Gasteiger partial charge in [-0.05, 0) is 84.6 Å². The smallest absolute Gasteiger partial charge is 0.0490 e. The molecule has 34 heavy (non-hydrogen) atoms. The number of benzene rings is 5. The maximum atomic E-state index is 3.53. The van der Waals surface area contributed by atoms with Gasteiger partial charge in [-0.25, -0.2) is 0 Å². The molecule has 0 heterocycles. The largest absolute Gasteiger partial charge is 0.356 e. The molecular formula is C32H28N2. The van der Waals surface area contributed by atoms with Gasteiger partial charge in [-0.1, -0.05) is 78.9 Å². The van der Waals surface area contributed by atoms with E-state index in [0.717, 1.165) is 17.1 Å². The molecule has 0 aliphatic rings. The number of aryl methyl sites for hydroxylation is 2. The molecule has 0 fully saturated rings. The first-order chi connectivity index (χ1) is 16.7. The molecule has 0 aliphatic heterocycles. The van der Waals surface area contributed by atoms with Gasteiger partial charge >= 0.3 is 0 Å². The van der Waals surface area contributed by atoms with Crippen LogP contribution in [0.5, 0.6) is 0 Å². The minimum absolute atomic E-state index is 1.06. The van der Waals surface area contributed by atoms with Gasteiger partial charge in [-0.15, -0.1) is 0 Å². The van der Waals surface area contributed by atoms with Crippen molar-refractivity contribution in [3.05, 3.63) is 139 Å². The van der Waals surface area contributed by atoms with Crippen molar-refractivity contribution in [3.63, 3.8) is 0 Å². The number of nitrogens with zero attached hydrogens (tertiary/aromatic N) is 1. The lowest BCUT2D eigenvalue weighted by molar-refractivity contribution is 1.23. The van der Waals surface area contributed by atoms with Crippen molar-refractivity contribution in [3.8, 4) is 11.1 Å². The minimum Gasteiger partial charge on any atom is -0.356 e. The van der Waals surface area contributed by atoms with Crippen LogP contribution in [0.4, 0.5) is 28.4 Å². The maximum absolute atomic E-state index is 3.53. The van der Waals surface area contributed by atoms with Gasteiger partial charge in [-0.3, -0.25) is 0 Å². The second-order valence-electron chi connectivity index (χ2n) is 8.52. The summed E-state index contributed by atoms with van der Waals surface area (Å²) in [5, 5.41) is 3.53. The Hall–Kier alpha value is -4.30. The van der Waals surface area contributed by atoms with E-state index in [1.54, 1.807) is 0 Å². The molecule has 1 N–H and O–H groups in total. The zero-order valence-electron chi connectivity index (χ0n) is 19.6. The third-order valence-corrected chi connectivity index (χ3v) is 6.12.